The van der Waals surface area contributed by atoms with Crippen molar-refractivity contribution in [1.82, 2.24) is 10.4 Å². The van der Waals surface area contributed by atoms with Crippen LogP contribution in [0.15, 0.2) is 82.9 Å². The van der Waals surface area contributed by atoms with Crippen LogP contribution < -0.4 is 10.1 Å². The molecule has 2 aromatic carbocycles. The van der Waals surface area contributed by atoms with Crippen molar-refractivity contribution in [3.63, 3.8) is 0 Å². The zero-order chi connectivity index (χ0) is 20.9. The van der Waals surface area contributed by atoms with Crippen LogP contribution in [0, 0.1) is 0 Å². The maximum absolute atomic E-state index is 12.6. The fourth-order valence-electron chi connectivity index (χ4n) is 2.40. The third-order valence-corrected chi connectivity index (χ3v) is 5.46. The van der Waals surface area contributed by atoms with E-state index in [-0.39, 0.29) is 10.5 Å². The van der Waals surface area contributed by atoms with Crippen molar-refractivity contribution in [3.8, 4) is 0 Å². The van der Waals surface area contributed by atoms with Crippen molar-refractivity contribution in [2.24, 2.45) is 5.10 Å². The lowest BCUT2D eigenvalue weighted by atomic mass is 10.2. The minimum absolute atomic E-state index is 0.0597. The monoisotopic (exact) mass is 428 g/mol. The maximum Gasteiger partial charge on any atom is 0.271 e. The van der Waals surface area contributed by atoms with Gasteiger partial charge in [0.05, 0.1) is 22.0 Å². The Hall–Kier alpha value is -3.23. The van der Waals surface area contributed by atoms with Gasteiger partial charge in [-0.15, -0.1) is 0 Å². The van der Waals surface area contributed by atoms with Gasteiger partial charge in [-0.1, -0.05) is 29.8 Å². The number of hydrogen-bond donors (Lipinski definition) is 2. The highest BCUT2D eigenvalue weighted by Crippen LogP contribution is 2.20. The summed E-state index contributed by atoms with van der Waals surface area (Å²) in [6.45, 7) is 1.71. The molecule has 148 valence electrons. The van der Waals surface area contributed by atoms with Crippen LogP contribution in [0.1, 0.15) is 23.0 Å². The number of aromatic nitrogens is 1. The minimum atomic E-state index is -3.89. The molecule has 2 N–H and O–H groups in total. The summed E-state index contributed by atoms with van der Waals surface area (Å²) in [5.74, 6) is -0.542. The SMILES string of the molecule is C/C(=N\NC(=O)c1cccc(S(=O)(=O)Nc2cccc(Cl)c2)c1)c1ccccn1. The lowest BCUT2D eigenvalue weighted by Crippen LogP contribution is -2.20. The molecule has 0 aliphatic carbocycles. The number of carbonyl (C=O) groups is 1. The van der Waals surface area contributed by atoms with Crippen molar-refractivity contribution in [3.05, 3.63) is 89.2 Å². The van der Waals surface area contributed by atoms with Crippen LogP contribution >= 0.6 is 11.6 Å². The first-order valence-electron chi connectivity index (χ1n) is 8.50. The van der Waals surface area contributed by atoms with Gasteiger partial charge >= 0.3 is 0 Å². The molecule has 1 aromatic heterocycles. The lowest BCUT2D eigenvalue weighted by molar-refractivity contribution is 0.0954. The summed E-state index contributed by atoms with van der Waals surface area (Å²) in [5, 5.41) is 4.42. The zero-order valence-corrected chi connectivity index (χ0v) is 16.9. The van der Waals surface area contributed by atoms with Gasteiger partial charge in [0.25, 0.3) is 15.9 Å². The van der Waals surface area contributed by atoms with Crippen molar-refractivity contribution < 1.29 is 13.2 Å². The lowest BCUT2D eigenvalue weighted by Gasteiger charge is -2.09. The Labute approximate surface area is 173 Å². The molecule has 9 heteroatoms. The Kier molecular flexibility index (Phi) is 6.26. The molecule has 0 bridgehead atoms. The Morgan fingerprint density at radius 1 is 1.03 bits per heavy atom. The number of hydrazone groups is 1. The number of sulfonamides is 1. The number of nitrogens with zero attached hydrogens (tertiary/aromatic N) is 2. The smallest absolute Gasteiger partial charge is 0.271 e. The molecule has 7 nitrogen and oxygen atoms in total. The molecule has 0 saturated heterocycles. The van der Waals surface area contributed by atoms with Crippen LogP contribution in [0.2, 0.25) is 5.02 Å². The fourth-order valence-corrected chi connectivity index (χ4v) is 3.69. The highest BCUT2D eigenvalue weighted by atomic mass is 35.5. The normalized spacial score (nSPS) is 11.7. The van der Waals surface area contributed by atoms with Crippen molar-refractivity contribution in [2.45, 2.75) is 11.8 Å². The molecule has 0 saturated carbocycles. The van der Waals surface area contributed by atoms with E-state index in [9.17, 15) is 13.2 Å². The van der Waals surface area contributed by atoms with Gasteiger partial charge in [0.1, 0.15) is 0 Å². The number of halogens is 1. The van der Waals surface area contributed by atoms with Crippen molar-refractivity contribution in [1.29, 1.82) is 0 Å². The highest BCUT2D eigenvalue weighted by molar-refractivity contribution is 7.92. The average Bonchev–Trinajstić information content (AvgIpc) is 2.72. The van der Waals surface area contributed by atoms with E-state index in [1.54, 1.807) is 43.5 Å². The van der Waals surface area contributed by atoms with Crippen molar-refractivity contribution in [2.75, 3.05) is 4.72 Å². The first-order chi connectivity index (χ1) is 13.8. The Morgan fingerprint density at radius 2 is 1.83 bits per heavy atom. The number of rotatable bonds is 6. The van der Waals surface area contributed by atoms with E-state index in [4.69, 9.17) is 11.6 Å². The molecule has 0 aliphatic rings. The third-order valence-electron chi connectivity index (χ3n) is 3.84. The molecule has 0 spiro atoms. The molecule has 0 fully saturated rings. The van der Waals surface area contributed by atoms with Crippen LogP contribution in [-0.2, 0) is 10.0 Å². The fraction of sp³-hybridized carbons (Fsp3) is 0.0500. The molecular formula is C20H17ClN4O3S. The minimum Gasteiger partial charge on any atom is -0.280 e. The molecule has 1 heterocycles. The predicted molar refractivity (Wildman–Crippen MR) is 113 cm³/mol. The van der Waals surface area contributed by atoms with Crippen molar-refractivity contribution >= 4 is 38.9 Å². The molecule has 29 heavy (non-hydrogen) atoms. The summed E-state index contributed by atoms with van der Waals surface area (Å²) in [4.78, 5) is 16.5. The number of benzene rings is 2. The van der Waals surface area contributed by atoms with Gasteiger partial charge < -0.3 is 0 Å². The zero-order valence-electron chi connectivity index (χ0n) is 15.3. The van der Waals surface area contributed by atoms with E-state index in [2.05, 4.69) is 20.2 Å². The summed E-state index contributed by atoms with van der Waals surface area (Å²) in [5.41, 5.74) is 4.02. The molecule has 0 atom stereocenters. The number of anilines is 1. The quantitative estimate of drug-likeness (QED) is 0.461. The molecule has 0 unspecified atom stereocenters. The van der Waals surface area contributed by atoms with Crippen LogP contribution in [0.3, 0.4) is 0 Å². The average molecular weight is 429 g/mol. The Bertz CT molecular complexity index is 1170. The first-order valence-corrected chi connectivity index (χ1v) is 10.4. The van der Waals surface area contributed by atoms with E-state index in [0.717, 1.165) is 0 Å². The van der Waals surface area contributed by atoms with Gasteiger partial charge in [-0.3, -0.25) is 14.5 Å². The number of amides is 1. The van der Waals surface area contributed by atoms with Crippen LogP contribution in [0.25, 0.3) is 0 Å². The molecule has 3 rings (SSSR count). The van der Waals surface area contributed by atoms with Crippen LogP contribution in [0.4, 0.5) is 5.69 Å². The van der Waals surface area contributed by atoms with E-state index in [1.165, 1.54) is 30.3 Å². The van der Waals surface area contributed by atoms with E-state index in [0.29, 0.717) is 22.1 Å². The molecule has 0 aliphatic heterocycles. The van der Waals surface area contributed by atoms with Gasteiger partial charge in [-0.2, -0.15) is 5.10 Å². The summed E-state index contributed by atoms with van der Waals surface area (Å²) in [6.07, 6.45) is 1.62. The second kappa shape index (κ2) is 8.85. The molecule has 0 radical (unpaired) electrons. The Morgan fingerprint density at radius 3 is 2.55 bits per heavy atom. The van der Waals surface area contributed by atoms with Gasteiger partial charge in [0.15, 0.2) is 0 Å². The largest absolute Gasteiger partial charge is 0.280 e. The third kappa shape index (κ3) is 5.40. The summed E-state index contributed by atoms with van der Waals surface area (Å²) in [6, 6.07) is 17.3. The first kappa shape index (κ1) is 20.5. The second-order valence-corrected chi connectivity index (χ2v) is 8.12. The standard InChI is InChI=1S/C20H17ClN4O3S/c1-14(19-10-2-3-11-22-19)23-24-20(26)15-6-4-9-18(12-15)29(27,28)25-17-8-5-7-16(21)13-17/h2-13,25H,1H3,(H,24,26)/b23-14+. The van der Waals surface area contributed by atoms with Gasteiger partial charge in [-0.05, 0) is 55.5 Å². The molecule has 1 amide bonds. The highest BCUT2D eigenvalue weighted by Gasteiger charge is 2.17. The number of carbonyl (C=O) groups excluding carboxylic acids is 1. The summed E-state index contributed by atoms with van der Waals surface area (Å²) in [7, 11) is -3.89. The van der Waals surface area contributed by atoms with Gasteiger partial charge in [-0.25, -0.2) is 13.8 Å². The van der Waals surface area contributed by atoms with Gasteiger partial charge in [0, 0.05) is 16.8 Å². The number of nitrogens with one attached hydrogen (secondary N) is 2. The van der Waals surface area contributed by atoms with Crippen LogP contribution in [-0.4, -0.2) is 25.0 Å². The topological polar surface area (TPSA) is 101 Å². The molecular weight excluding hydrogens is 412 g/mol. The predicted octanol–water partition coefficient (Wildman–Crippen LogP) is 3.69. The van der Waals surface area contributed by atoms with E-state index < -0.39 is 15.9 Å². The molecule has 3 aromatic rings. The number of hydrogen-bond acceptors (Lipinski definition) is 5. The summed E-state index contributed by atoms with van der Waals surface area (Å²) >= 11 is 5.89. The number of pyridine rings is 1. The maximum atomic E-state index is 12.6. The Balaban J connectivity index is 1.77. The van der Waals surface area contributed by atoms with E-state index in [1.807, 2.05) is 6.07 Å². The summed E-state index contributed by atoms with van der Waals surface area (Å²) < 4.78 is 27.7. The second-order valence-electron chi connectivity index (χ2n) is 6.00. The van der Waals surface area contributed by atoms with E-state index >= 15 is 0 Å². The van der Waals surface area contributed by atoms with Gasteiger partial charge in [0.2, 0.25) is 0 Å². The van der Waals surface area contributed by atoms with Crippen LogP contribution in [0.5, 0.6) is 0 Å².